The molecule has 0 saturated carbocycles. The first-order valence-corrected chi connectivity index (χ1v) is 6.47. The van der Waals surface area contributed by atoms with Gasteiger partial charge in [0.05, 0.1) is 7.11 Å². The number of methoxy groups -OCH3 is 2. The predicted molar refractivity (Wildman–Crippen MR) is 73.6 cm³/mol. The second-order valence-electron chi connectivity index (χ2n) is 4.43. The third kappa shape index (κ3) is 4.24. The van der Waals surface area contributed by atoms with E-state index in [1.807, 2.05) is 19.1 Å². The van der Waals surface area contributed by atoms with E-state index >= 15 is 0 Å². The summed E-state index contributed by atoms with van der Waals surface area (Å²) in [4.78, 5) is 11.8. The predicted octanol–water partition coefficient (Wildman–Crippen LogP) is 3.11. The van der Waals surface area contributed by atoms with E-state index in [4.69, 9.17) is 14.2 Å². The van der Waals surface area contributed by atoms with Crippen LogP contribution < -0.4 is 4.74 Å². The molecule has 0 amide bonds. The molecule has 0 spiro atoms. The minimum atomic E-state index is -0.384. The Morgan fingerprint density at radius 1 is 1.26 bits per heavy atom. The summed E-state index contributed by atoms with van der Waals surface area (Å²) >= 11 is 0. The molecule has 0 fully saturated rings. The summed E-state index contributed by atoms with van der Waals surface area (Å²) in [5, 5.41) is 0. The molecule has 0 radical (unpaired) electrons. The van der Waals surface area contributed by atoms with Gasteiger partial charge in [-0.25, -0.2) is 4.79 Å². The Morgan fingerprint density at radius 3 is 2.58 bits per heavy atom. The van der Waals surface area contributed by atoms with Gasteiger partial charge < -0.3 is 14.2 Å². The maximum atomic E-state index is 11.8. The summed E-state index contributed by atoms with van der Waals surface area (Å²) in [5.74, 6) is 0.144. The lowest BCUT2D eigenvalue weighted by Gasteiger charge is -2.14. The topological polar surface area (TPSA) is 44.8 Å². The number of rotatable bonds is 7. The van der Waals surface area contributed by atoms with Crippen molar-refractivity contribution in [3.8, 4) is 5.75 Å². The van der Waals surface area contributed by atoms with E-state index in [9.17, 15) is 4.79 Å². The smallest absolute Gasteiger partial charge is 0.341 e. The van der Waals surface area contributed by atoms with Crippen LogP contribution in [0.15, 0.2) is 12.1 Å². The lowest BCUT2D eigenvalue weighted by atomic mass is 10.0. The van der Waals surface area contributed by atoms with Crippen molar-refractivity contribution in [1.82, 2.24) is 0 Å². The highest BCUT2D eigenvalue weighted by Crippen LogP contribution is 2.26. The average Bonchev–Trinajstić information content (AvgIpc) is 2.41. The average molecular weight is 266 g/mol. The van der Waals surface area contributed by atoms with E-state index in [0.717, 1.165) is 30.4 Å². The molecule has 0 bridgehead atoms. The normalized spacial score (nSPS) is 10.3. The lowest BCUT2D eigenvalue weighted by Crippen LogP contribution is -2.10. The van der Waals surface area contributed by atoms with E-state index in [1.165, 1.54) is 7.11 Å². The molecule has 4 nitrogen and oxygen atoms in total. The lowest BCUT2D eigenvalue weighted by molar-refractivity contribution is 0.0464. The molecule has 0 aliphatic carbocycles. The van der Waals surface area contributed by atoms with Gasteiger partial charge in [-0.1, -0.05) is 19.4 Å². The number of unbranched alkanes of at least 4 members (excludes halogenated alkanes) is 1. The Kier molecular flexibility index (Phi) is 6.36. The van der Waals surface area contributed by atoms with Gasteiger partial charge in [0.15, 0.2) is 6.79 Å². The van der Waals surface area contributed by atoms with Crippen molar-refractivity contribution in [3.05, 3.63) is 28.8 Å². The molecule has 0 unspecified atom stereocenters. The fraction of sp³-hybridized carbons (Fsp3) is 0.533. The van der Waals surface area contributed by atoms with Crippen LogP contribution >= 0.6 is 0 Å². The quantitative estimate of drug-likeness (QED) is 0.562. The van der Waals surface area contributed by atoms with Gasteiger partial charge >= 0.3 is 5.97 Å². The molecule has 0 heterocycles. The summed E-state index contributed by atoms with van der Waals surface area (Å²) < 4.78 is 15.2. The molecule has 0 aliphatic rings. The Hall–Kier alpha value is -1.55. The number of hydrogen-bond donors (Lipinski definition) is 0. The SMILES string of the molecule is CCCCc1cc(C)c(C(=O)OC)c(OCOC)c1. The minimum absolute atomic E-state index is 0.112. The maximum absolute atomic E-state index is 11.8. The number of hydrogen-bond acceptors (Lipinski definition) is 4. The zero-order valence-corrected chi connectivity index (χ0v) is 12.1. The van der Waals surface area contributed by atoms with Crippen LogP contribution in [0.3, 0.4) is 0 Å². The van der Waals surface area contributed by atoms with Crippen molar-refractivity contribution >= 4 is 5.97 Å². The summed E-state index contributed by atoms with van der Waals surface area (Å²) in [6.07, 6.45) is 3.22. The molecule has 1 rings (SSSR count). The summed E-state index contributed by atoms with van der Waals surface area (Å²) in [5.41, 5.74) is 2.50. The van der Waals surface area contributed by atoms with Gasteiger partial charge in [-0.05, 0) is 37.0 Å². The van der Waals surface area contributed by atoms with Gasteiger partial charge in [0.1, 0.15) is 11.3 Å². The van der Waals surface area contributed by atoms with E-state index < -0.39 is 0 Å². The van der Waals surface area contributed by atoms with Crippen molar-refractivity contribution < 1.29 is 19.0 Å². The summed E-state index contributed by atoms with van der Waals surface area (Å²) in [7, 11) is 2.92. The van der Waals surface area contributed by atoms with Gasteiger partial charge in [-0.3, -0.25) is 0 Å². The van der Waals surface area contributed by atoms with Crippen LogP contribution in [0.2, 0.25) is 0 Å². The first kappa shape index (κ1) is 15.5. The number of carbonyl (C=O) groups is 1. The highest BCUT2D eigenvalue weighted by molar-refractivity contribution is 5.94. The first-order chi connectivity index (χ1) is 9.13. The van der Waals surface area contributed by atoms with Crippen molar-refractivity contribution in [2.75, 3.05) is 21.0 Å². The van der Waals surface area contributed by atoms with Crippen LogP contribution in [0, 0.1) is 6.92 Å². The van der Waals surface area contributed by atoms with Crippen LogP contribution in [0.25, 0.3) is 0 Å². The van der Waals surface area contributed by atoms with E-state index in [1.54, 1.807) is 7.11 Å². The molecular formula is C15H22O4. The zero-order valence-electron chi connectivity index (χ0n) is 12.1. The highest BCUT2D eigenvalue weighted by atomic mass is 16.7. The third-order valence-electron chi connectivity index (χ3n) is 2.90. The van der Waals surface area contributed by atoms with Gasteiger partial charge in [-0.15, -0.1) is 0 Å². The molecule has 4 heteroatoms. The second kappa shape index (κ2) is 7.79. The molecule has 106 valence electrons. The Balaban J connectivity index is 3.10. The fourth-order valence-electron chi connectivity index (χ4n) is 1.95. The number of ether oxygens (including phenoxy) is 3. The van der Waals surface area contributed by atoms with Crippen LogP contribution in [0.5, 0.6) is 5.75 Å². The molecular weight excluding hydrogens is 244 g/mol. The van der Waals surface area contributed by atoms with Crippen LogP contribution in [0.4, 0.5) is 0 Å². The van der Waals surface area contributed by atoms with Crippen molar-refractivity contribution in [2.24, 2.45) is 0 Å². The third-order valence-corrected chi connectivity index (χ3v) is 2.90. The monoisotopic (exact) mass is 266 g/mol. The molecule has 0 atom stereocenters. The molecule has 0 N–H and O–H groups in total. The maximum Gasteiger partial charge on any atom is 0.341 e. The van der Waals surface area contributed by atoms with E-state index in [-0.39, 0.29) is 12.8 Å². The van der Waals surface area contributed by atoms with Crippen LogP contribution in [-0.4, -0.2) is 27.0 Å². The second-order valence-corrected chi connectivity index (χ2v) is 4.43. The number of esters is 1. The number of benzene rings is 1. The molecule has 0 saturated heterocycles. The largest absolute Gasteiger partial charge is 0.467 e. The van der Waals surface area contributed by atoms with E-state index in [2.05, 4.69) is 6.92 Å². The van der Waals surface area contributed by atoms with Crippen molar-refractivity contribution in [3.63, 3.8) is 0 Å². The Morgan fingerprint density at radius 2 is 2.00 bits per heavy atom. The zero-order chi connectivity index (χ0) is 14.3. The molecule has 1 aromatic carbocycles. The Labute approximate surface area is 114 Å². The summed E-state index contributed by atoms with van der Waals surface area (Å²) in [6, 6.07) is 3.91. The standard InChI is InChI=1S/C15H22O4/c1-5-6-7-12-8-11(2)14(15(16)18-4)13(9-12)19-10-17-3/h8-9H,5-7,10H2,1-4H3. The van der Waals surface area contributed by atoms with Crippen molar-refractivity contribution in [1.29, 1.82) is 0 Å². The highest BCUT2D eigenvalue weighted by Gasteiger charge is 2.17. The van der Waals surface area contributed by atoms with Crippen LogP contribution in [-0.2, 0) is 15.9 Å². The van der Waals surface area contributed by atoms with Gasteiger partial charge in [0.2, 0.25) is 0 Å². The molecule has 1 aromatic rings. The number of carbonyl (C=O) groups excluding carboxylic acids is 1. The first-order valence-electron chi connectivity index (χ1n) is 6.47. The van der Waals surface area contributed by atoms with Crippen LogP contribution in [0.1, 0.15) is 41.3 Å². The fourth-order valence-corrected chi connectivity index (χ4v) is 1.95. The Bertz CT molecular complexity index is 426. The van der Waals surface area contributed by atoms with Gasteiger partial charge in [0.25, 0.3) is 0 Å². The van der Waals surface area contributed by atoms with Gasteiger partial charge in [0, 0.05) is 7.11 Å². The summed E-state index contributed by atoms with van der Waals surface area (Å²) in [6.45, 7) is 4.15. The van der Waals surface area contributed by atoms with Gasteiger partial charge in [-0.2, -0.15) is 0 Å². The molecule has 19 heavy (non-hydrogen) atoms. The number of aryl methyl sites for hydroxylation is 2. The minimum Gasteiger partial charge on any atom is -0.467 e. The van der Waals surface area contributed by atoms with E-state index in [0.29, 0.717) is 11.3 Å². The van der Waals surface area contributed by atoms with Crippen molar-refractivity contribution in [2.45, 2.75) is 33.1 Å². The molecule has 0 aromatic heterocycles. The molecule has 0 aliphatic heterocycles.